The summed E-state index contributed by atoms with van der Waals surface area (Å²) in [4.78, 5) is 4.60. The Bertz CT molecular complexity index is 571. The van der Waals surface area contributed by atoms with Gasteiger partial charge in [0.05, 0.1) is 6.20 Å². The van der Waals surface area contributed by atoms with E-state index < -0.39 is 0 Å². The summed E-state index contributed by atoms with van der Waals surface area (Å²) >= 11 is 6.09. The van der Waals surface area contributed by atoms with Crippen molar-refractivity contribution in [3.63, 3.8) is 0 Å². The molecule has 0 aromatic carbocycles. The monoisotopic (exact) mass is 250 g/mol. The maximum atomic E-state index is 6.09. The van der Waals surface area contributed by atoms with Gasteiger partial charge in [0.2, 0.25) is 0 Å². The van der Waals surface area contributed by atoms with Crippen LogP contribution >= 0.6 is 11.6 Å². The molecule has 0 atom stereocenters. The molecule has 1 fully saturated rings. The van der Waals surface area contributed by atoms with Crippen LogP contribution in [0.2, 0.25) is 5.02 Å². The van der Waals surface area contributed by atoms with Gasteiger partial charge in [-0.1, -0.05) is 18.5 Å². The summed E-state index contributed by atoms with van der Waals surface area (Å²) in [6.45, 7) is 2.30. The smallest absolute Gasteiger partial charge is 0.176 e. The molecule has 1 aliphatic carbocycles. The number of anilines is 1. The molecular formula is C12H15ClN4. The van der Waals surface area contributed by atoms with Gasteiger partial charge >= 0.3 is 0 Å². The molecule has 0 aliphatic heterocycles. The van der Waals surface area contributed by atoms with Crippen molar-refractivity contribution < 1.29 is 0 Å². The first-order valence-corrected chi connectivity index (χ1v) is 6.20. The van der Waals surface area contributed by atoms with Gasteiger partial charge in [0.15, 0.2) is 5.65 Å². The normalized spacial score (nSPS) is 17.4. The molecule has 2 aromatic rings. The van der Waals surface area contributed by atoms with Crippen molar-refractivity contribution in [2.45, 2.75) is 26.2 Å². The topological polar surface area (TPSA) is 42.2 Å². The highest BCUT2D eigenvalue weighted by Gasteiger charge is 2.37. The molecule has 1 aliphatic rings. The van der Waals surface area contributed by atoms with Gasteiger partial charge in [-0.2, -0.15) is 9.61 Å². The number of rotatable bonds is 3. The number of hydrogen-bond donors (Lipinski definition) is 1. The molecule has 2 heterocycles. The molecule has 0 amide bonds. The van der Waals surface area contributed by atoms with Gasteiger partial charge < -0.3 is 5.32 Å². The molecule has 17 heavy (non-hydrogen) atoms. The predicted molar refractivity (Wildman–Crippen MR) is 68.6 cm³/mol. The third kappa shape index (κ3) is 1.86. The molecule has 4 nitrogen and oxygen atoms in total. The maximum absolute atomic E-state index is 6.09. The van der Waals surface area contributed by atoms with Crippen LogP contribution in [0.4, 0.5) is 5.82 Å². The van der Waals surface area contributed by atoms with E-state index >= 15 is 0 Å². The van der Waals surface area contributed by atoms with E-state index in [1.54, 1.807) is 10.7 Å². The van der Waals surface area contributed by atoms with E-state index in [1.807, 2.05) is 7.05 Å². The Morgan fingerprint density at radius 1 is 1.53 bits per heavy atom. The predicted octanol–water partition coefficient (Wildman–Crippen LogP) is 2.77. The van der Waals surface area contributed by atoms with Crippen LogP contribution < -0.4 is 5.32 Å². The van der Waals surface area contributed by atoms with E-state index in [0.29, 0.717) is 10.4 Å². The Balaban J connectivity index is 2.09. The highest BCUT2D eigenvalue weighted by molar-refractivity contribution is 6.33. The van der Waals surface area contributed by atoms with Crippen LogP contribution in [0.15, 0.2) is 12.3 Å². The van der Waals surface area contributed by atoms with E-state index in [4.69, 9.17) is 11.6 Å². The van der Waals surface area contributed by atoms with Crippen molar-refractivity contribution in [1.82, 2.24) is 14.6 Å². The lowest BCUT2D eigenvalue weighted by Crippen LogP contribution is -2.07. The van der Waals surface area contributed by atoms with Crippen LogP contribution in [0.5, 0.6) is 0 Å². The van der Waals surface area contributed by atoms with Crippen LogP contribution in [-0.4, -0.2) is 21.6 Å². The molecule has 0 radical (unpaired) electrons. The second-order valence-electron chi connectivity index (χ2n) is 5.10. The first-order valence-electron chi connectivity index (χ1n) is 5.82. The van der Waals surface area contributed by atoms with Gasteiger partial charge in [-0.05, 0) is 24.7 Å². The quantitative estimate of drug-likeness (QED) is 0.911. The van der Waals surface area contributed by atoms with Crippen molar-refractivity contribution in [2.75, 3.05) is 12.4 Å². The number of fused-ring (bicyclic) bond motifs is 1. The average Bonchev–Trinajstić information content (AvgIpc) is 2.91. The van der Waals surface area contributed by atoms with E-state index in [0.717, 1.165) is 23.6 Å². The Labute approximate surface area is 105 Å². The standard InChI is InChI=1S/C12H15ClN4/c1-12(3-4-12)6-8-5-10(14-2)17-11(16-8)9(13)7-15-17/h5,7,14H,3-4,6H2,1-2H3. The molecule has 1 saturated carbocycles. The lowest BCUT2D eigenvalue weighted by Gasteiger charge is -2.10. The van der Waals surface area contributed by atoms with Gasteiger partial charge in [0, 0.05) is 18.8 Å². The summed E-state index contributed by atoms with van der Waals surface area (Å²) in [5, 5.41) is 7.93. The fourth-order valence-electron chi connectivity index (χ4n) is 2.08. The van der Waals surface area contributed by atoms with Crippen LogP contribution in [0.25, 0.3) is 5.65 Å². The zero-order chi connectivity index (χ0) is 12.0. The second-order valence-corrected chi connectivity index (χ2v) is 5.51. The number of hydrogen-bond acceptors (Lipinski definition) is 3. The largest absolute Gasteiger partial charge is 0.373 e. The Hall–Kier alpha value is -1.29. The van der Waals surface area contributed by atoms with Gasteiger partial charge in [-0.25, -0.2) is 4.98 Å². The van der Waals surface area contributed by atoms with Crippen LogP contribution in [-0.2, 0) is 6.42 Å². The number of aromatic nitrogens is 3. The Morgan fingerprint density at radius 2 is 2.29 bits per heavy atom. The minimum Gasteiger partial charge on any atom is -0.373 e. The molecule has 0 unspecified atom stereocenters. The minimum atomic E-state index is 0.447. The SMILES string of the molecule is CNc1cc(CC2(C)CC2)nc2c(Cl)cnn12. The highest BCUT2D eigenvalue weighted by Crippen LogP contribution is 2.47. The molecule has 0 bridgehead atoms. The zero-order valence-electron chi connectivity index (χ0n) is 10.00. The maximum Gasteiger partial charge on any atom is 0.176 e. The molecule has 3 rings (SSSR count). The van der Waals surface area contributed by atoms with Crippen LogP contribution in [0.3, 0.4) is 0 Å². The Morgan fingerprint density at radius 3 is 2.94 bits per heavy atom. The summed E-state index contributed by atoms with van der Waals surface area (Å²) in [6.07, 6.45) is 5.23. The van der Waals surface area contributed by atoms with Gasteiger partial charge in [-0.15, -0.1) is 0 Å². The molecule has 1 N–H and O–H groups in total. The summed E-state index contributed by atoms with van der Waals surface area (Å²) < 4.78 is 1.74. The molecule has 5 heteroatoms. The number of halogens is 1. The second kappa shape index (κ2) is 3.60. The first kappa shape index (κ1) is 10.8. The molecule has 2 aromatic heterocycles. The lowest BCUT2D eigenvalue weighted by atomic mass is 10.0. The average molecular weight is 251 g/mol. The summed E-state index contributed by atoms with van der Waals surface area (Å²) in [5.41, 5.74) is 2.27. The van der Waals surface area contributed by atoms with Gasteiger partial charge in [-0.3, -0.25) is 0 Å². The molecular weight excluding hydrogens is 236 g/mol. The summed E-state index contributed by atoms with van der Waals surface area (Å²) in [7, 11) is 1.88. The first-order chi connectivity index (χ1) is 8.11. The third-order valence-corrected chi connectivity index (χ3v) is 3.72. The molecule has 0 spiro atoms. The van der Waals surface area contributed by atoms with Gasteiger partial charge in [0.1, 0.15) is 10.8 Å². The number of nitrogens with one attached hydrogen (secondary N) is 1. The van der Waals surface area contributed by atoms with Crippen LogP contribution in [0, 0.1) is 5.41 Å². The molecule has 90 valence electrons. The molecule has 0 saturated heterocycles. The van der Waals surface area contributed by atoms with Crippen LogP contribution in [0.1, 0.15) is 25.5 Å². The minimum absolute atomic E-state index is 0.447. The highest BCUT2D eigenvalue weighted by atomic mass is 35.5. The van der Waals surface area contributed by atoms with Gasteiger partial charge in [0.25, 0.3) is 0 Å². The van der Waals surface area contributed by atoms with Crippen molar-refractivity contribution in [3.8, 4) is 0 Å². The van der Waals surface area contributed by atoms with Crippen molar-refractivity contribution in [3.05, 3.63) is 23.0 Å². The van der Waals surface area contributed by atoms with Crippen molar-refractivity contribution in [2.24, 2.45) is 5.41 Å². The zero-order valence-corrected chi connectivity index (χ0v) is 10.8. The summed E-state index contributed by atoms with van der Waals surface area (Å²) in [5.74, 6) is 0.932. The van der Waals surface area contributed by atoms with Crippen molar-refractivity contribution in [1.29, 1.82) is 0 Å². The van der Waals surface area contributed by atoms with E-state index in [9.17, 15) is 0 Å². The fraction of sp³-hybridized carbons (Fsp3) is 0.500. The van der Waals surface area contributed by atoms with E-state index in [1.165, 1.54) is 12.8 Å². The van der Waals surface area contributed by atoms with Crippen molar-refractivity contribution >= 4 is 23.1 Å². The van der Waals surface area contributed by atoms with E-state index in [-0.39, 0.29) is 0 Å². The Kier molecular flexibility index (Phi) is 2.30. The third-order valence-electron chi connectivity index (χ3n) is 3.45. The number of nitrogens with zero attached hydrogens (tertiary/aromatic N) is 3. The lowest BCUT2D eigenvalue weighted by molar-refractivity contribution is 0.561. The summed E-state index contributed by atoms with van der Waals surface area (Å²) in [6, 6.07) is 2.06. The van der Waals surface area contributed by atoms with E-state index in [2.05, 4.69) is 28.4 Å². The fourth-order valence-corrected chi connectivity index (χ4v) is 2.25.